The number of ether oxygens (including phenoxy) is 1. The molecule has 0 aliphatic carbocycles. The van der Waals surface area contributed by atoms with Gasteiger partial charge in [0.05, 0.1) is 7.11 Å². The van der Waals surface area contributed by atoms with E-state index in [1.165, 1.54) is 0 Å². The molecule has 2 aromatic heterocycles. The summed E-state index contributed by atoms with van der Waals surface area (Å²) in [7, 11) is 3.60. The smallest absolute Gasteiger partial charge is 0.191 e. The number of aromatic nitrogens is 4. The van der Waals surface area contributed by atoms with Gasteiger partial charge in [0.15, 0.2) is 11.0 Å². The molecule has 0 N–H and O–H groups in total. The zero-order valence-corrected chi connectivity index (χ0v) is 14.3. The molecule has 0 unspecified atom stereocenters. The summed E-state index contributed by atoms with van der Waals surface area (Å²) in [4.78, 5) is 4.12. The van der Waals surface area contributed by atoms with Gasteiger partial charge in [-0.05, 0) is 30.3 Å². The molecule has 0 atom stereocenters. The van der Waals surface area contributed by atoms with Crippen molar-refractivity contribution in [1.29, 1.82) is 0 Å². The van der Waals surface area contributed by atoms with Gasteiger partial charge in [0.2, 0.25) is 0 Å². The summed E-state index contributed by atoms with van der Waals surface area (Å²) in [6.45, 7) is 0. The second-order valence-corrected chi connectivity index (χ2v) is 6.23. The van der Waals surface area contributed by atoms with E-state index in [0.717, 1.165) is 27.9 Å². The Morgan fingerprint density at radius 2 is 2.13 bits per heavy atom. The lowest BCUT2D eigenvalue weighted by atomic mass is 10.2. The minimum atomic E-state index is 0.690. The Morgan fingerprint density at radius 1 is 1.26 bits per heavy atom. The summed E-state index contributed by atoms with van der Waals surface area (Å²) in [6, 6.07) is 9.44. The largest absolute Gasteiger partial charge is 0.496 e. The van der Waals surface area contributed by atoms with Crippen LogP contribution in [0.4, 0.5) is 0 Å². The molecule has 23 heavy (non-hydrogen) atoms. The van der Waals surface area contributed by atoms with Crippen LogP contribution in [0.15, 0.2) is 47.9 Å². The van der Waals surface area contributed by atoms with Gasteiger partial charge in [0.25, 0.3) is 0 Å². The predicted octanol–water partition coefficient (Wildman–Crippen LogP) is 3.83. The highest BCUT2D eigenvalue weighted by molar-refractivity contribution is 7.98. The molecule has 3 rings (SSSR count). The van der Waals surface area contributed by atoms with Crippen LogP contribution in [-0.4, -0.2) is 26.9 Å². The fraction of sp³-hybridized carbons (Fsp3) is 0.188. The van der Waals surface area contributed by atoms with Gasteiger partial charge in [-0.15, -0.1) is 10.2 Å². The summed E-state index contributed by atoms with van der Waals surface area (Å²) >= 11 is 7.65. The highest BCUT2D eigenvalue weighted by Crippen LogP contribution is 2.30. The minimum Gasteiger partial charge on any atom is -0.496 e. The zero-order chi connectivity index (χ0) is 16.2. The maximum absolute atomic E-state index is 6.07. The molecule has 0 saturated heterocycles. The number of thioether (sulfide) groups is 1. The van der Waals surface area contributed by atoms with Crippen LogP contribution in [0.1, 0.15) is 5.56 Å². The van der Waals surface area contributed by atoms with E-state index in [0.29, 0.717) is 10.8 Å². The van der Waals surface area contributed by atoms with Gasteiger partial charge in [-0.1, -0.05) is 23.4 Å². The molecule has 0 amide bonds. The van der Waals surface area contributed by atoms with Crippen LogP contribution in [0.3, 0.4) is 0 Å². The highest BCUT2D eigenvalue weighted by atomic mass is 35.5. The van der Waals surface area contributed by atoms with E-state index in [9.17, 15) is 0 Å². The highest BCUT2D eigenvalue weighted by Gasteiger charge is 2.12. The first-order valence-electron chi connectivity index (χ1n) is 6.94. The van der Waals surface area contributed by atoms with Gasteiger partial charge in [-0.25, -0.2) is 0 Å². The second-order valence-electron chi connectivity index (χ2n) is 4.85. The summed E-state index contributed by atoms with van der Waals surface area (Å²) < 4.78 is 7.33. The summed E-state index contributed by atoms with van der Waals surface area (Å²) in [5.41, 5.74) is 1.96. The van der Waals surface area contributed by atoms with Gasteiger partial charge in [0, 0.05) is 41.3 Å². The molecule has 3 aromatic rings. The standard InChI is InChI=1S/C16H15ClN4OS/c1-21-15(11-4-3-7-18-9-11)19-20-16(21)23-10-12-8-13(17)5-6-14(12)22-2/h3-9H,10H2,1-2H3. The van der Waals surface area contributed by atoms with Gasteiger partial charge < -0.3 is 9.30 Å². The lowest BCUT2D eigenvalue weighted by molar-refractivity contribution is 0.411. The number of rotatable bonds is 5. The molecular formula is C16H15ClN4OS. The molecule has 118 valence electrons. The van der Waals surface area contributed by atoms with Crippen molar-refractivity contribution >= 4 is 23.4 Å². The molecule has 0 fully saturated rings. The Morgan fingerprint density at radius 3 is 2.87 bits per heavy atom. The molecule has 0 spiro atoms. The number of hydrogen-bond donors (Lipinski definition) is 0. The number of pyridine rings is 1. The monoisotopic (exact) mass is 346 g/mol. The zero-order valence-electron chi connectivity index (χ0n) is 12.7. The van der Waals surface area contributed by atoms with Crippen molar-refractivity contribution in [2.75, 3.05) is 7.11 Å². The predicted molar refractivity (Wildman–Crippen MR) is 91.8 cm³/mol. The van der Waals surface area contributed by atoms with Crippen molar-refractivity contribution in [3.8, 4) is 17.1 Å². The summed E-state index contributed by atoms with van der Waals surface area (Å²) in [5, 5.41) is 10.0. The van der Waals surface area contributed by atoms with E-state index in [-0.39, 0.29) is 0 Å². The molecule has 0 saturated carbocycles. The third-order valence-corrected chi connectivity index (χ3v) is 4.66. The van der Waals surface area contributed by atoms with Crippen molar-refractivity contribution in [3.63, 3.8) is 0 Å². The fourth-order valence-electron chi connectivity index (χ4n) is 2.19. The van der Waals surface area contributed by atoms with Crippen LogP contribution in [0.25, 0.3) is 11.4 Å². The Bertz CT molecular complexity index is 807. The summed E-state index contributed by atoms with van der Waals surface area (Å²) in [5.74, 6) is 2.30. The Balaban J connectivity index is 1.80. The van der Waals surface area contributed by atoms with Crippen LogP contribution in [0.2, 0.25) is 5.02 Å². The Kier molecular flexibility index (Phi) is 4.83. The minimum absolute atomic E-state index is 0.690. The van der Waals surface area contributed by atoms with Gasteiger partial charge in [0.1, 0.15) is 5.75 Å². The number of methoxy groups -OCH3 is 1. The first-order chi connectivity index (χ1) is 11.2. The molecule has 0 bridgehead atoms. The van der Waals surface area contributed by atoms with Crippen molar-refractivity contribution in [2.24, 2.45) is 7.05 Å². The number of halogens is 1. The first-order valence-corrected chi connectivity index (χ1v) is 8.30. The lowest BCUT2D eigenvalue weighted by Gasteiger charge is -2.08. The Hall–Kier alpha value is -2.05. The molecular weight excluding hydrogens is 332 g/mol. The van der Waals surface area contributed by atoms with Gasteiger partial charge >= 0.3 is 0 Å². The molecule has 1 aromatic carbocycles. The molecule has 0 aliphatic rings. The van der Waals surface area contributed by atoms with E-state index in [1.54, 1.807) is 31.3 Å². The SMILES string of the molecule is COc1ccc(Cl)cc1CSc1nnc(-c2cccnc2)n1C. The van der Waals surface area contributed by atoms with E-state index < -0.39 is 0 Å². The van der Waals surface area contributed by atoms with Crippen LogP contribution in [0.5, 0.6) is 5.75 Å². The average molecular weight is 347 g/mol. The third kappa shape index (κ3) is 3.48. The quantitative estimate of drug-likeness (QED) is 0.657. The van der Waals surface area contributed by atoms with E-state index in [2.05, 4.69) is 15.2 Å². The number of benzene rings is 1. The first kappa shape index (κ1) is 15.8. The van der Waals surface area contributed by atoms with E-state index in [4.69, 9.17) is 16.3 Å². The van der Waals surface area contributed by atoms with Crippen molar-refractivity contribution in [1.82, 2.24) is 19.7 Å². The molecule has 0 radical (unpaired) electrons. The maximum Gasteiger partial charge on any atom is 0.191 e. The van der Waals surface area contributed by atoms with Crippen LogP contribution in [0, 0.1) is 0 Å². The number of hydrogen-bond acceptors (Lipinski definition) is 5. The molecule has 2 heterocycles. The van der Waals surface area contributed by atoms with Gasteiger partial charge in [-0.3, -0.25) is 4.98 Å². The van der Waals surface area contributed by atoms with Crippen molar-refractivity contribution in [2.45, 2.75) is 10.9 Å². The number of nitrogens with zero attached hydrogens (tertiary/aromatic N) is 4. The topological polar surface area (TPSA) is 52.8 Å². The normalized spacial score (nSPS) is 10.7. The molecule has 5 nitrogen and oxygen atoms in total. The van der Waals surface area contributed by atoms with Crippen molar-refractivity contribution in [3.05, 3.63) is 53.3 Å². The fourth-order valence-corrected chi connectivity index (χ4v) is 3.27. The van der Waals surface area contributed by atoms with E-state index >= 15 is 0 Å². The molecule has 7 heteroatoms. The maximum atomic E-state index is 6.07. The average Bonchev–Trinajstić information content (AvgIpc) is 2.94. The van der Waals surface area contributed by atoms with Gasteiger partial charge in [-0.2, -0.15) is 0 Å². The second kappa shape index (κ2) is 7.02. The van der Waals surface area contributed by atoms with E-state index in [1.807, 2.05) is 41.9 Å². The van der Waals surface area contributed by atoms with Crippen molar-refractivity contribution < 1.29 is 4.74 Å². The lowest BCUT2D eigenvalue weighted by Crippen LogP contribution is -1.96. The molecule has 0 aliphatic heterocycles. The third-order valence-electron chi connectivity index (χ3n) is 3.35. The van der Waals surface area contributed by atoms with Crippen LogP contribution < -0.4 is 4.74 Å². The Labute approximate surface area is 143 Å². The van der Waals surface area contributed by atoms with Crippen LogP contribution in [-0.2, 0) is 12.8 Å². The van der Waals surface area contributed by atoms with Crippen LogP contribution >= 0.6 is 23.4 Å². The summed E-state index contributed by atoms with van der Waals surface area (Å²) in [6.07, 6.45) is 3.51.